The maximum atomic E-state index is 12.0. The van der Waals surface area contributed by atoms with Gasteiger partial charge in [0.25, 0.3) is 5.79 Å². The summed E-state index contributed by atoms with van der Waals surface area (Å²) in [7, 11) is 2.61. The lowest BCUT2D eigenvalue weighted by atomic mass is 9.87. The van der Waals surface area contributed by atoms with Crippen molar-refractivity contribution in [2.45, 2.75) is 82.8 Å². The zero-order valence-corrected chi connectivity index (χ0v) is 18.0. The number of carbonyl (C=O) groups excluding carboxylic acids is 2. The molecule has 2 N–H and O–H groups in total. The minimum atomic E-state index is -2.37. The number of unbranched alkanes of at least 4 members (excludes halogenated alkanes) is 3. The standard InChI is InChI=1S/C23H38O6/c1-28-21(24)20(19-15-12-13-16-19)17-11-9-7-5-3-4-6-8-10-14-18-23(26,27)22(25)29-2/h3-4,7,9,19-20,26-27H,5-6,8,10-18H2,1-2H3/b4-3+,9-7-/t20-/m0/s1. The van der Waals surface area contributed by atoms with Gasteiger partial charge >= 0.3 is 11.9 Å². The second-order valence-corrected chi connectivity index (χ2v) is 7.84. The fraction of sp³-hybridized carbons (Fsp3) is 0.739. The molecule has 1 aliphatic rings. The highest BCUT2D eigenvalue weighted by Gasteiger charge is 2.33. The van der Waals surface area contributed by atoms with Crippen molar-refractivity contribution in [3.63, 3.8) is 0 Å². The van der Waals surface area contributed by atoms with E-state index in [1.165, 1.54) is 20.0 Å². The van der Waals surface area contributed by atoms with Gasteiger partial charge in [-0.25, -0.2) is 4.79 Å². The Morgan fingerprint density at radius 1 is 0.966 bits per heavy atom. The van der Waals surface area contributed by atoms with Crippen molar-refractivity contribution in [1.29, 1.82) is 0 Å². The molecule has 29 heavy (non-hydrogen) atoms. The number of hydrogen-bond acceptors (Lipinski definition) is 6. The molecular weight excluding hydrogens is 372 g/mol. The van der Waals surface area contributed by atoms with Crippen LogP contribution in [-0.2, 0) is 19.1 Å². The number of rotatable bonds is 14. The lowest BCUT2D eigenvalue weighted by Gasteiger charge is -2.20. The quantitative estimate of drug-likeness (QED) is 0.194. The van der Waals surface area contributed by atoms with Crippen LogP contribution in [0.1, 0.15) is 77.0 Å². The van der Waals surface area contributed by atoms with Gasteiger partial charge in [0.1, 0.15) is 0 Å². The number of carbonyl (C=O) groups is 2. The van der Waals surface area contributed by atoms with E-state index < -0.39 is 11.8 Å². The summed E-state index contributed by atoms with van der Waals surface area (Å²) in [5.41, 5.74) is 0. The smallest absolute Gasteiger partial charge is 0.366 e. The fourth-order valence-corrected chi connectivity index (χ4v) is 3.92. The maximum absolute atomic E-state index is 12.0. The fourth-order valence-electron chi connectivity index (χ4n) is 3.92. The molecule has 1 fully saturated rings. The largest absolute Gasteiger partial charge is 0.469 e. The number of hydrogen-bond donors (Lipinski definition) is 2. The van der Waals surface area contributed by atoms with Crippen LogP contribution in [0.15, 0.2) is 24.3 Å². The van der Waals surface area contributed by atoms with Crippen LogP contribution in [0.4, 0.5) is 0 Å². The average Bonchev–Trinajstić information content (AvgIpc) is 3.24. The maximum Gasteiger partial charge on any atom is 0.366 e. The second-order valence-electron chi connectivity index (χ2n) is 7.84. The zero-order valence-electron chi connectivity index (χ0n) is 18.0. The number of allylic oxidation sites excluding steroid dienone is 4. The molecule has 0 saturated heterocycles. The molecule has 0 aliphatic heterocycles. The molecule has 6 nitrogen and oxygen atoms in total. The number of methoxy groups -OCH3 is 2. The molecule has 0 amide bonds. The van der Waals surface area contributed by atoms with Gasteiger partial charge in [-0.1, -0.05) is 43.6 Å². The highest BCUT2D eigenvalue weighted by Crippen LogP contribution is 2.34. The Hall–Kier alpha value is -1.66. The summed E-state index contributed by atoms with van der Waals surface area (Å²) in [5.74, 6) is -2.91. The minimum absolute atomic E-state index is 0.0143. The average molecular weight is 411 g/mol. The summed E-state index contributed by atoms with van der Waals surface area (Å²) in [5, 5.41) is 19.0. The predicted molar refractivity (Wildman–Crippen MR) is 112 cm³/mol. The van der Waals surface area contributed by atoms with Crippen LogP contribution in [-0.4, -0.2) is 42.2 Å². The summed E-state index contributed by atoms with van der Waals surface area (Å²) >= 11 is 0. The first-order valence-electron chi connectivity index (χ1n) is 10.8. The molecule has 166 valence electrons. The van der Waals surface area contributed by atoms with Crippen LogP contribution in [0, 0.1) is 11.8 Å². The van der Waals surface area contributed by atoms with Gasteiger partial charge in [0.2, 0.25) is 0 Å². The lowest BCUT2D eigenvalue weighted by molar-refractivity contribution is -0.209. The van der Waals surface area contributed by atoms with E-state index in [1.807, 2.05) is 0 Å². The number of ether oxygens (including phenoxy) is 2. The predicted octanol–water partition coefficient (Wildman–Crippen LogP) is 4.05. The number of aliphatic hydroxyl groups is 2. The van der Waals surface area contributed by atoms with Crippen LogP contribution in [0.3, 0.4) is 0 Å². The molecule has 0 radical (unpaired) electrons. The third-order valence-electron chi connectivity index (χ3n) is 5.63. The molecule has 0 heterocycles. The van der Waals surface area contributed by atoms with Crippen LogP contribution < -0.4 is 0 Å². The summed E-state index contributed by atoms with van der Waals surface area (Å²) in [6.45, 7) is 0. The summed E-state index contributed by atoms with van der Waals surface area (Å²) in [6, 6.07) is 0. The van der Waals surface area contributed by atoms with E-state index in [2.05, 4.69) is 29.0 Å². The van der Waals surface area contributed by atoms with Crippen LogP contribution >= 0.6 is 0 Å². The zero-order chi connectivity index (χ0) is 21.5. The molecule has 1 rings (SSSR count). The Morgan fingerprint density at radius 2 is 1.62 bits per heavy atom. The third-order valence-corrected chi connectivity index (χ3v) is 5.63. The van der Waals surface area contributed by atoms with Gasteiger partial charge in [0, 0.05) is 6.42 Å². The Labute approximate surface area is 175 Å². The first-order chi connectivity index (χ1) is 13.9. The first-order valence-corrected chi connectivity index (χ1v) is 10.8. The van der Waals surface area contributed by atoms with Crippen molar-refractivity contribution < 1.29 is 29.3 Å². The van der Waals surface area contributed by atoms with Crippen molar-refractivity contribution in [2.75, 3.05) is 14.2 Å². The number of esters is 2. The van der Waals surface area contributed by atoms with Crippen molar-refractivity contribution in [3.8, 4) is 0 Å². The molecule has 0 aromatic carbocycles. The monoisotopic (exact) mass is 410 g/mol. The Balaban J connectivity index is 2.11. The second kappa shape index (κ2) is 14.3. The summed E-state index contributed by atoms with van der Waals surface area (Å²) in [6.07, 6.45) is 19.1. The molecule has 1 saturated carbocycles. The molecule has 0 aromatic rings. The first kappa shape index (κ1) is 25.4. The van der Waals surface area contributed by atoms with E-state index >= 15 is 0 Å². The molecule has 1 atom stereocenters. The van der Waals surface area contributed by atoms with Crippen LogP contribution in [0.25, 0.3) is 0 Å². The van der Waals surface area contributed by atoms with E-state index in [1.54, 1.807) is 0 Å². The van der Waals surface area contributed by atoms with Crippen molar-refractivity contribution in [1.82, 2.24) is 0 Å². The topological polar surface area (TPSA) is 93.1 Å². The van der Waals surface area contributed by atoms with Crippen molar-refractivity contribution in [3.05, 3.63) is 24.3 Å². The van der Waals surface area contributed by atoms with Crippen LogP contribution in [0.2, 0.25) is 0 Å². The Kier molecular flexibility index (Phi) is 12.6. The SMILES string of the molecule is COC(=O)[C@@H](CC/C=C\C/C=C/CCCCCC(O)(O)C(=O)OC)C1CCCC1. The Bertz CT molecular complexity index is 531. The van der Waals surface area contributed by atoms with Gasteiger partial charge < -0.3 is 19.7 Å². The van der Waals surface area contributed by atoms with Gasteiger partial charge in [0.15, 0.2) is 0 Å². The molecular formula is C23H38O6. The van der Waals surface area contributed by atoms with E-state index in [9.17, 15) is 19.8 Å². The highest BCUT2D eigenvalue weighted by atomic mass is 16.6. The minimum Gasteiger partial charge on any atom is -0.469 e. The lowest BCUT2D eigenvalue weighted by Crippen LogP contribution is -2.39. The Morgan fingerprint density at radius 3 is 2.24 bits per heavy atom. The molecule has 0 spiro atoms. The highest BCUT2D eigenvalue weighted by molar-refractivity contribution is 5.76. The van der Waals surface area contributed by atoms with Crippen molar-refractivity contribution >= 4 is 11.9 Å². The molecule has 0 unspecified atom stereocenters. The third kappa shape index (κ3) is 10.1. The normalized spacial score (nSPS) is 16.6. The van der Waals surface area contributed by atoms with Gasteiger partial charge in [0.05, 0.1) is 20.1 Å². The van der Waals surface area contributed by atoms with Gasteiger partial charge in [-0.3, -0.25) is 4.79 Å². The molecule has 0 aromatic heterocycles. The van der Waals surface area contributed by atoms with Crippen molar-refractivity contribution in [2.24, 2.45) is 11.8 Å². The molecule has 0 bridgehead atoms. The van der Waals surface area contributed by atoms with Crippen LogP contribution in [0.5, 0.6) is 0 Å². The van der Waals surface area contributed by atoms with Gasteiger partial charge in [-0.2, -0.15) is 0 Å². The van der Waals surface area contributed by atoms with E-state index in [4.69, 9.17) is 4.74 Å². The summed E-state index contributed by atoms with van der Waals surface area (Å²) in [4.78, 5) is 23.1. The summed E-state index contributed by atoms with van der Waals surface area (Å²) < 4.78 is 9.33. The molecule has 6 heteroatoms. The van der Waals surface area contributed by atoms with E-state index in [0.717, 1.165) is 58.5 Å². The van der Waals surface area contributed by atoms with Gasteiger partial charge in [-0.15, -0.1) is 0 Å². The molecule has 1 aliphatic carbocycles. The van der Waals surface area contributed by atoms with E-state index in [-0.39, 0.29) is 18.3 Å². The van der Waals surface area contributed by atoms with Gasteiger partial charge in [-0.05, 0) is 57.3 Å². The van der Waals surface area contributed by atoms with E-state index in [0.29, 0.717) is 12.3 Å².